The third kappa shape index (κ3) is 5.34. The summed E-state index contributed by atoms with van der Waals surface area (Å²) in [5.41, 5.74) is 16.2. The summed E-state index contributed by atoms with van der Waals surface area (Å²) in [6.45, 7) is 0. The summed E-state index contributed by atoms with van der Waals surface area (Å²) in [5.74, 6) is -0.225. The maximum atomic E-state index is 16.8. The molecule has 2 aromatic heterocycles. The third-order valence-electron chi connectivity index (χ3n) is 14.9. The van der Waals surface area contributed by atoms with E-state index in [2.05, 4.69) is 210 Å². The van der Waals surface area contributed by atoms with E-state index in [-0.39, 0.29) is 5.82 Å². The summed E-state index contributed by atoms with van der Waals surface area (Å²) in [6.07, 6.45) is 0. The number of nitrogens with zero attached hydrogens (tertiary/aromatic N) is 2. The molecule has 2 heterocycles. The van der Waals surface area contributed by atoms with Crippen LogP contribution in [0.1, 0.15) is 22.3 Å². The van der Waals surface area contributed by atoms with E-state index < -0.39 is 5.41 Å². The average Bonchev–Trinajstić information content (AvgIpc) is 4.15. The van der Waals surface area contributed by atoms with Crippen LogP contribution in [0.3, 0.4) is 0 Å². The molecule has 1 spiro atoms. The minimum atomic E-state index is -0.828. The van der Waals surface area contributed by atoms with Gasteiger partial charge in [-0.25, -0.2) is 4.39 Å². The highest BCUT2D eigenvalue weighted by Crippen LogP contribution is 2.65. The molecular formula is C65H39FN2O2. The van der Waals surface area contributed by atoms with Crippen LogP contribution in [-0.4, -0.2) is 0 Å². The fraction of sp³-hybridized carbons (Fsp3) is 0.0154. The number of anilines is 6. The van der Waals surface area contributed by atoms with Crippen LogP contribution < -0.4 is 9.80 Å². The van der Waals surface area contributed by atoms with Crippen LogP contribution in [0.4, 0.5) is 38.5 Å². The van der Waals surface area contributed by atoms with Gasteiger partial charge in [0.2, 0.25) is 0 Å². The molecule has 13 aromatic rings. The molecule has 11 aromatic carbocycles. The van der Waals surface area contributed by atoms with Gasteiger partial charge >= 0.3 is 0 Å². The van der Waals surface area contributed by atoms with Crippen LogP contribution in [0, 0.1) is 5.82 Å². The number of benzene rings is 11. The van der Waals surface area contributed by atoms with Gasteiger partial charge in [0.25, 0.3) is 0 Å². The molecule has 5 heteroatoms. The summed E-state index contributed by atoms with van der Waals surface area (Å²) in [4.78, 5) is 4.61. The van der Waals surface area contributed by atoms with Gasteiger partial charge in [-0.1, -0.05) is 146 Å². The zero-order valence-electron chi connectivity index (χ0n) is 37.6. The lowest BCUT2D eigenvalue weighted by Gasteiger charge is -2.32. The number of furan rings is 2. The Bertz CT molecular complexity index is 4080. The fourth-order valence-corrected chi connectivity index (χ4v) is 12.0. The first-order valence-electron chi connectivity index (χ1n) is 23.8. The number of halogens is 1. The predicted molar refractivity (Wildman–Crippen MR) is 284 cm³/mol. The first-order chi connectivity index (χ1) is 34.6. The molecular weight excluding hydrogens is 860 g/mol. The smallest absolute Gasteiger partial charge is 0.159 e. The Morgan fingerprint density at radius 2 is 0.800 bits per heavy atom. The zero-order chi connectivity index (χ0) is 46.1. The van der Waals surface area contributed by atoms with Crippen molar-refractivity contribution in [3.63, 3.8) is 0 Å². The lowest BCUT2D eigenvalue weighted by molar-refractivity contribution is 0.629. The van der Waals surface area contributed by atoms with E-state index in [0.29, 0.717) is 5.56 Å². The van der Waals surface area contributed by atoms with Crippen molar-refractivity contribution < 1.29 is 13.2 Å². The molecule has 70 heavy (non-hydrogen) atoms. The van der Waals surface area contributed by atoms with Crippen LogP contribution >= 0.6 is 0 Å². The van der Waals surface area contributed by atoms with E-state index in [1.807, 2.05) is 30.3 Å². The molecule has 0 atom stereocenters. The van der Waals surface area contributed by atoms with Crippen molar-refractivity contribution >= 4 is 88.8 Å². The van der Waals surface area contributed by atoms with Gasteiger partial charge in [0.15, 0.2) is 11.2 Å². The second-order valence-corrected chi connectivity index (χ2v) is 18.5. The maximum absolute atomic E-state index is 16.8. The Kier molecular flexibility index (Phi) is 8.14. The molecule has 328 valence electrons. The topological polar surface area (TPSA) is 32.8 Å². The van der Waals surface area contributed by atoms with E-state index in [4.69, 9.17) is 8.83 Å². The average molecular weight is 899 g/mol. The fourth-order valence-electron chi connectivity index (χ4n) is 12.0. The minimum Gasteiger partial charge on any atom is -0.454 e. The molecule has 0 aliphatic heterocycles. The number of hydrogen-bond acceptors (Lipinski definition) is 4. The molecule has 0 unspecified atom stereocenters. The third-order valence-corrected chi connectivity index (χ3v) is 14.9. The van der Waals surface area contributed by atoms with Crippen molar-refractivity contribution in [3.05, 3.63) is 265 Å². The van der Waals surface area contributed by atoms with Gasteiger partial charge in [0, 0.05) is 49.9 Å². The largest absolute Gasteiger partial charge is 0.454 e. The van der Waals surface area contributed by atoms with Crippen LogP contribution in [0.25, 0.3) is 76.9 Å². The van der Waals surface area contributed by atoms with Crippen molar-refractivity contribution in [3.8, 4) is 22.3 Å². The Morgan fingerprint density at radius 1 is 0.329 bits per heavy atom. The lowest BCUT2D eigenvalue weighted by atomic mass is 9.70. The van der Waals surface area contributed by atoms with Crippen molar-refractivity contribution in [2.45, 2.75) is 5.41 Å². The van der Waals surface area contributed by atoms with Crippen LogP contribution in [0.2, 0.25) is 0 Å². The number of para-hydroxylation sites is 6. The zero-order valence-corrected chi connectivity index (χ0v) is 37.6. The second kappa shape index (κ2) is 14.7. The summed E-state index contributed by atoms with van der Waals surface area (Å²) in [7, 11) is 0. The molecule has 0 amide bonds. The number of hydrogen-bond donors (Lipinski definition) is 0. The van der Waals surface area contributed by atoms with E-state index in [1.54, 1.807) is 6.07 Å². The highest BCUT2D eigenvalue weighted by Gasteiger charge is 2.53. The molecule has 0 N–H and O–H groups in total. The summed E-state index contributed by atoms with van der Waals surface area (Å²) >= 11 is 0. The van der Waals surface area contributed by atoms with Crippen molar-refractivity contribution in [2.24, 2.45) is 0 Å². The molecule has 0 fully saturated rings. The summed E-state index contributed by atoms with van der Waals surface area (Å²) in [5, 5.41) is 6.44. The lowest BCUT2D eigenvalue weighted by Crippen LogP contribution is -2.26. The van der Waals surface area contributed by atoms with E-state index in [0.717, 1.165) is 128 Å². The van der Waals surface area contributed by atoms with Crippen molar-refractivity contribution in [2.75, 3.05) is 9.80 Å². The Hall–Kier alpha value is -9.19. The van der Waals surface area contributed by atoms with Crippen LogP contribution in [-0.2, 0) is 5.41 Å². The summed E-state index contributed by atoms with van der Waals surface area (Å²) < 4.78 is 30.3. The molecule has 0 saturated carbocycles. The molecule has 15 rings (SSSR count). The molecule has 0 bridgehead atoms. The molecule has 2 aliphatic carbocycles. The van der Waals surface area contributed by atoms with Gasteiger partial charge < -0.3 is 18.6 Å². The van der Waals surface area contributed by atoms with E-state index in [9.17, 15) is 0 Å². The Morgan fingerprint density at radius 3 is 1.36 bits per heavy atom. The van der Waals surface area contributed by atoms with Crippen molar-refractivity contribution in [1.29, 1.82) is 0 Å². The first-order valence-corrected chi connectivity index (χ1v) is 23.8. The Labute approximate surface area is 402 Å². The highest BCUT2D eigenvalue weighted by molar-refractivity contribution is 6.12. The van der Waals surface area contributed by atoms with Gasteiger partial charge in [0.1, 0.15) is 17.0 Å². The maximum Gasteiger partial charge on any atom is 0.159 e. The quantitative estimate of drug-likeness (QED) is 0.166. The van der Waals surface area contributed by atoms with E-state index >= 15 is 4.39 Å². The van der Waals surface area contributed by atoms with Crippen LogP contribution in [0.5, 0.6) is 0 Å². The number of rotatable bonds is 6. The Balaban J connectivity index is 1.03. The van der Waals surface area contributed by atoms with Gasteiger partial charge in [0.05, 0.1) is 16.8 Å². The van der Waals surface area contributed by atoms with Crippen LogP contribution in [0.15, 0.2) is 245 Å². The predicted octanol–water partition coefficient (Wildman–Crippen LogP) is 18.1. The highest BCUT2D eigenvalue weighted by atomic mass is 19.1. The van der Waals surface area contributed by atoms with Gasteiger partial charge in [-0.05, 0) is 141 Å². The normalized spacial score (nSPS) is 13.0. The molecule has 2 aliphatic rings. The second-order valence-electron chi connectivity index (χ2n) is 18.5. The number of fused-ring (bicyclic) bond motifs is 17. The molecule has 0 radical (unpaired) electrons. The minimum absolute atomic E-state index is 0.225. The van der Waals surface area contributed by atoms with Gasteiger partial charge in [-0.2, -0.15) is 0 Å². The van der Waals surface area contributed by atoms with Crippen molar-refractivity contribution in [1.82, 2.24) is 0 Å². The molecule has 4 nitrogen and oxygen atoms in total. The standard InChI is InChI=1S/C65H39FN2O2/c66-57-27-15-26-55-62(57)52-36-40-16-7-8-17-41(40)37-56(52)65(55)53-34-32-44(67(42-18-3-1-4-19-42)58-28-13-24-48-46-22-9-11-30-60(46)69-63(48)58)38-50(53)51-39-45(33-35-54(51)65)68(43-20-5-2-6-21-43)59-29-14-25-49-47-23-10-12-31-61(47)70-64(49)59/h1-39H. The van der Waals surface area contributed by atoms with Gasteiger partial charge in [-0.3, -0.25) is 0 Å². The SMILES string of the molecule is Fc1cccc2c1-c1cc3ccccc3cc1C21c2ccc(N(c3ccccc3)c3cccc4c3oc3ccccc34)cc2-c2cc(N(c3ccccc3)c3cccc4c3oc3ccccc34)ccc21. The molecule has 0 saturated heterocycles. The summed E-state index contributed by atoms with van der Waals surface area (Å²) in [6, 6.07) is 82.6. The van der Waals surface area contributed by atoms with E-state index in [1.165, 1.54) is 0 Å². The monoisotopic (exact) mass is 898 g/mol. The first kappa shape index (κ1) is 38.9. The van der Waals surface area contributed by atoms with Gasteiger partial charge in [-0.15, -0.1) is 0 Å².